The number of rotatable bonds is 6. The van der Waals surface area contributed by atoms with E-state index >= 15 is 0 Å². The summed E-state index contributed by atoms with van der Waals surface area (Å²) in [4.78, 5) is 14.0. The molecule has 4 nitrogen and oxygen atoms in total. The Morgan fingerprint density at radius 3 is 2.89 bits per heavy atom. The van der Waals surface area contributed by atoms with Crippen LogP contribution in [0.1, 0.15) is 20.4 Å². The van der Waals surface area contributed by atoms with Crippen LogP contribution in [-0.4, -0.2) is 26.3 Å². The summed E-state index contributed by atoms with van der Waals surface area (Å²) in [6.07, 6.45) is 1.80. The lowest BCUT2D eigenvalue weighted by Crippen LogP contribution is -2.04. The molecule has 0 atom stereocenters. The first-order chi connectivity index (χ1) is 9.11. The summed E-state index contributed by atoms with van der Waals surface area (Å²) in [7, 11) is 0. The topological polar surface area (TPSA) is 47.8 Å². The van der Waals surface area contributed by atoms with Crippen LogP contribution in [0.4, 0.5) is 0 Å². The third-order valence-electron chi connectivity index (χ3n) is 2.56. The van der Waals surface area contributed by atoms with Crippen LogP contribution in [0.25, 0.3) is 0 Å². The van der Waals surface area contributed by atoms with Gasteiger partial charge in [-0.3, -0.25) is 4.79 Å². The zero-order chi connectivity index (χ0) is 13.8. The molecule has 0 unspecified atom stereocenters. The number of thioether (sulfide) groups is 1. The van der Waals surface area contributed by atoms with Gasteiger partial charge in [0.1, 0.15) is 5.82 Å². The highest BCUT2D eigenvalue weighted by atomic mass is 32.2. The van der Waals surface area contributed by atoms with E-state index in [0.29, 0.717) is 12.3 Å². The van der Waals surface area contributed by atoms with Crippen molar-refractivity contribution in [2.45, 2.75) is 25.5 Å². The molecule has 0 amide bonds. The molecule has 0 bridgehead atoms. The second kappa shape index (κ2) is 6.16. The van der Waals surface area contributed by atoms with Crippen LogP contribution in [0.5, 0.6) is 0 Å². The lowest BCUT2D eigenvalue weighted by atomic mass is 10.3. The minimum Gasteiger partial charge on any atom is -0.302 e. The molecule has 0 aliphatic heterocycles. The van der Waals surface area contributed by atoms with Crippen LogP contribution in [0, 0.1) is 13.8 Å². The van der Waals surface area contributed by atoms with Crippen LogP contribution in [0.15, 0.2) is 29.9 Å². The standard InChI is InChI=1S/C13H15N3OS2/c1-4-7-16-10(3)14-15-13(16)18-8-11(17)12-6-5-9(2)19-12/h4-6H,1,7-8H2,2-3H3. The fourth-order valence-electron chi connectivity index (χ4n) is 1.59. The molecule has 0 aromatic carbocycles. The zero-order valence-electron chi connectivity index (χ0n) is 10.9. The van der Waals surface area contributed by atoms with Gasteiger partial charge in [0.15, 0.2) is 10.9 Å². The lowest BCUT2D eigenvalue weighted by Gasteiger charge is -2.04. The minimum atomic E-state index is 0.133. The zero-order valence-corrected chi connectivity index (χ0v) is 12.6. The maximum Gasteiger partial charge on any atom is 0.191 e. The molecule has 2 heterocycles. The summed E-state index contributed by atoms with van der Waals surface area (Å²) >= 11 is 2.95. The molecule has 0 radical (unpaired) electrons. The number of Topliss-reactive ketones (excluding diaryl/α,β-unsaturated/α-hetero) is 1. The molecule has 0 fully saturated rings. The fourth-order valence-corrected chi connectivity index (χ4v) is 3.37. The Balaban J connectivity index is 2.02. The van der Waals surface area contributed by atoms with Crippen LogP contribution in [0.3, 0.4) is 0 Å². The number of carbonyl (C=O) groups excluding carboxylic acids is 1. The van der Waals surface area contributed by atoms with E-state index in [1.165, 1.54) is 23.1 Å². The SMILES string of the molecule is C=CCn1c(C)nnc1SCC(=O)c1ccc(C)s1. The van der Waals surface area contributed by atoms with Gasteiger partial charge >= 0.3 is 0 Å². The number of nitrogens with zero attached hydrogens (tertiary/aromatic N) is 3. The Kier molecular flexibility index (Phi) is 4.55. The monoisotopic (exact) mass is 293 g/mol. The average molecular weight is 293 g/mol. The predicted octanol–water partition coefficient (Wildman–Crippen LogP) is 3.12. The van der Waals surface area contributed by atoms with Gasteiger partial charge in [0.05, 0.1) is 10.6 Å². The number of hydrogen-bond donors (Lipinski definition) is 0. The molecule has 0 saturated heterocycles. The maximum atomic E-state index is 12.0. The van der Waals surface area contributed by atoms with E-state index in [1.54, 1.807) is 6.08 Å². The number of aromatic nitrogens is 3. The van der Waals surface area contributed by atoms with Gasteiger partial charge in [-0.15, -0.1) is 28.1 Å². The van der Waals surface area contributed by atoms with Crippen molar-refractivity contribution in [2.75, 3.05) is 5.75 Å². The molecular formula is C13H15N3OS2. The molecule has 0 aliphatic rings. The van der Waals surface area contributed by atoms with Crippen molar-refractivity contribution in [3.05, 3.63) is 40.4 Å². The highest BCUT2D eigenvalue weighted by molar-refractivity contribution is 7.99. The molecule has 2 rings (SSSR count). The third kappa shape index (κ3) is 3.33. The molecule has 0 saturated carbocycles. The highest BCUT2D eigenvalue weighted by Crippen LogP contribution is 2.21. The van der Waals surface area contributed by atoms with Gasteiger partial charge in [0.2, 0.25) is 0 Å². The number of ketones is 1. The first-order valence-electron chi connectivity index (χ1n) is 5.85. The van der Waals surface area contributed by atoms with Gasteiger partial charge in [0.25, 0.3) is 0 Å². The van der Waals surface area contributed by atoms with Crippen molar-refractivity contribution >= 4 is 28.9 Å². The second-order valence-electron chi connectivity index (χ2n) is 4.05. The predicted molar refractivity (Wildman–Crippen MR) is 79.1 cm³/mol. The van der Waals surface area contributed by atoms with Crippen LogP contribution in [-0.2, 0) is 6.54 Å². The molecule has 0 N–H and O–H groups in total. The molecule has 0 aliphatic carbocycles. The second-order valence-corrected chi connectivity index (χ2v) is 6.28. The van der Waals surface area contributed by atoms with E-state index in [1.807, 2.05) is 30.5 Å². The summed E-state index contributed by atoms with van der Waals surface area (Å²) in [5, 5.41) is 8.87. The molecule has 0 spiro atoms. The third-order valence-corrected chi connectivity index (χ3v) is 4.57. The van der Waals surface area contributed by atoms with Crippen molar-refractivity contribution in [1.29, 1.82) is 0 Å². The van der Waals surface area contributed by atoms with Gasteiger partial charge in [-0.1, -0.05) is 17.8 Å². The number of aryl methyl sites for hydroxylation is 2. The number of carbonyl (C=O) groups is 1. The molecule has 100 valence electrons. The van der Waals surface area contributed by atoms with Gasteiger partial charge in [-0.25, -0.2) is 0 Å². The maximum absolute atomic E-state index is 12.0. The molecule has 2 aromatic heterocycles. The summed E-state index contributed by atoms with van der Waals surface area (Å²) < 4.78 is 1.95. The van der Waals surface area contributed by atoms with Gasteiger partial charge in [0, 0.05) is 11.4 Å². The van der Waals surface area contributed by atoms with Crippen molar-refractivity contribution in [2.24, 2.45) is 0 Å². The van der Waals surface area contributed by atoms with E-state index in [0.717, 1.165) is 20.7 Å². The van der Waals surface area contributed by atoms with E-state index in [4.69, 9.17) is 0 Å². The van der Waals surface area contributed by atoms with E-state index in [2.05, 4.69) is 16.8 Å². The largest absolute Gasteiger partial charge is 0.302 e. The van der Waals surface area contributed by atoms with Crippen molar-refractivity contribution in [1.82, 2.24) is 14.8 Å². The Morgan fingerprint density at radius 1 is 1.47 bits per heavy atom. The van der Waals surface area contributed by atoms with Crippen molar-refractivity contribution < 1.29 is 4.79 Å². The van der Waals surface area contributed by atoms with Gasteiger partial charge in [-0.05, 0) is 26.0 Å². The first-order valence-corrected chi connectivity index (χ1v) is 7.65. The number of allylic oxidation sites excluding steroid dienone is 1. The quantitative estimate of drug-likeness (QED) is 0.466. The summed E-state index contributed by atoms with van der Waals surface area (Å²) in [6.45, 7) is 8.27. The Morgan fingerprint density at radius 2 is 2.26 bits per heavy atom. The van der Waals surface area contributed by atoms with Crippen molar-refractivity contribution in [3.8, 4) is 0 Å². The first kappa shape index (κ1) is 14.0. The molecule has 6 heteroatoms. The van der Waals surface area contributed by atoms with Gasteiger partial charge in [-0.2, -0.15) is 0 Å². The van der Waals surface area contributed by atoms with Crippen molar-refractivity contribution in [3.63, 3.8) is 0 Å². The summed E-state index contributed by atoms with van der Waals surface area (Å²) in [5.74, 6) is 1.35. The Labute approximate surface area is 120 Å². The van der Waals surface area contributed by atoms with E-state index in [-0.39, 0.29) is 5.78 Å². The van der Waals surface area contributed by atoms with E-state index in [9.17, 15) is 4.79 Å². The fraction of sp³-hybridized carbons (Fsp3) is 0.308. The lowest BCUT2D eigenvalue weighted by molar-refractivity contribution is 0.102. The Hall–Kier alpha value is -1.40. The Bertz CT molecular complexity index is 601. The van der Waals surface area contributed by atoms with Crippen LogP contribution >= 0.6 is 23.1 Å². The van der Waals surface area contributed by atoms with Gasteiger partial charge < -0.3 is 4.57 Å². The molecular weight excluding hydrogens is 278 g/mol. The molecule has 19 heavy (non-hydrogen) atoms. The summed E-state index contributed by atoms with van der Waals surface area (Å²) in [6, 6.07) is 3.84. The molecule has 2 aromatic rings. The number of hydrogen-bond acceptors (Lipinski definition) is 5. The average Bonchev–Trinajstić information content (AvgIpc) is 2.96. The summed E-state index contributed by atoms with van der Waals surface area (Å²) in [5.41, 5.74) is 0. The number of thiophene rings is 1. The minimum absolute atomic E-state index is 0.133. The smallest absolute Gasteiger partial charge is 0.191 e. The normalized spacial score (nSPS) is 10.6. The van der Waals surface area contributed by atoms with Crippen LogP contribution < -0.4 is 0 Å². The van der Waals surface area contributed by atoms with E-state index < -0.39 is 0 Å². The highest BCUT2D eigenvalue weighted by Gasteiger charge is 2.13. The van der Waals surface area contributed by atoms with Crippen LogP contribution in [0.2, 0.25) is 0 Å².